The van der Waals surface area contributed by atoms with E-state index in [-0.39, 0.29) is 12.1 Å². The van der Waals surface area contributed by atoms with Gasteiger partial charge in [0, 0.05) is 12.4 Å². The van der Waals surface area contributed by atoms with E-state index in [1.54, 1.807) is 18.5 Å². The summed E-state index contributed by atoms with van der Waals surface area (Å²) in [7, 11) is 0. The Morgan fingerprint density at radius 1 is 1.46 bits per heavy atom. The Hall–Kier alpha value is -1.25. The molecule has 1 aliphatic carbocycles. The molecule has 2 rings (SSSR count). The first-order valence-electron chi connectivity index (χ1n) is 4.70. The lowest BCUT2D eigenvalue weighted by Gasteiger charge is -2.09. The van der Waals surface area contributed by atoms with Crippen LogP contribution < -0.4 is 0 Å². The summed E-state index contributed by atoms with van der Waals surface area (Å²) in [4.78, 5) is 14.3. The Morgan fingerprint density at radius 3 is 2.85 bits per heavy atom. The summed E-state index contributed by atoms with van der Waals surface area (Å²) in [6.45, 7) is 0. The maximum atomic E-state index is 11.4. The Labute approximate surface area is 77.1 Å². The van der Waals surface area contributed by atoms with E-state index in [4.69, 9.17) is 4.74 Å². The number of H-pyrrole nitrogens is 1. The van der Waals surface area contributed by atoms with E-state index in [9.17, 15) is 4.79 Å². The van der Waals surface area contributed by atoms with Crippen LogP contribution in [0, 0.1) is 0 Å². The molecule has 0 saturated heterocycles. The number of carbonyl (C=O) groups excluding carboxylic acids is 1. The fourth-order valence-electron chi connectivity index (χ4n) is 1.68. The summed E-state index contributed by atoms with van der Waals surface area (Å²) in [6, 6.07) is 1.73. The van der Waals surface area contributed by atoms with Crippen LogP contribution in [0.15, 0.2) is 18.5 Å². The largest absolute Gasteiger partial charge is 0.459 e. The van der Waals surface area contributed by atoms with Crippen molar-refractivity contribution < 1.29 is 9.53 Å². The minimum Gasteiger partial charge on any atom is -0.459 e. The zero-order chi connectivity index (χ0) is 9.10. The molecule has 1 aromatic heterocycles. The Bertz CT molecular complexity index is 273. The number of hydrogen-bond acceptors (Lipinski definition) is 2. The molecule has 1 fully saturated rings. The predicted octanol–water partition coefficient (Wildman–Crippen LogP) is 2.11. The summed E-state index contributed by atoms with van der Waals surface area (Å²) in [5.41, 5.74) is 0.618. The van der Waals surface area contributed by atoms with Crippen molar-refractivity contribution in [3.05, 3.63) is 24.0 Å². The normalized spacial score (nSPS) is 17.5. The topological polar surface area (TPSA) is 42.1 Å². The lowest BCUT2D eigenvalue weighted by Crippen LogP contribution is -2.14. The fraction of sp³-hybridized carbons (Fsp3) is 0.500. The van der Waals surface area contributed by atoms with Crippen LogP contribution in [0.4, 0.5) is 0 Å². The van der Waals surface area contributed by atoms with Crippen molar-refractivity contribution in [1.82, 2.24) is 4.98 Å². The van der Waals surface area contributed by atoms with Crippen LogP contribution in [-0.4, -0.2) is 17.1 Å². The number of ether oxygens (including phenoxy) is 1. The maximum absolute atomic E-state index is 11.4. The fourth-order valence-corrected chi connectivity index (χ4v) is 1.68. The van der Waals surface area contributed by atoms with Gasteiger partial charge in [-0.15, -0.1) is 0 Å². The highest BCUT2D eigenvalue weighted by Gasteiger charge is 2.19. The van der Waals surface area contributed by atoms with E-state index in [1.165, 1.54) is 12.8 Å². The lowest BCUT2D eigenvalue weighted by molar-refractivity contribution is 0.0318. The summed E-state index contributed by atoms with van der Waals surface area (Å²) in [5.74, 6) is -0.201. The molecule has 1 heterocycles. The van der Waals surface area contributed by atoms with E-state index in [1.807, 2.05) is 0 Å². The Balaban J connectivity index is 1.91. The highest BCUT2D eigenvalue weighted by molar-refractivity contribution is 5.89. The minimum absolute atomic E-state index is 0.155. The second-order valence-corrected chi connectivity index (χ2v) is 3.41. The third-order valence-corrected chi connectivity index (χ3v) is 2.41. The molecule has 1 saturated carbocycles. The monoisotopic (exact) mass is 179 g/mol. The molecule has 0 aliphatic heterocycles. The quantitative estimate of drug-likeness (QED) is 0.706. The standard InChI is InChI=1S/C10H13NO2/c12-10(8-5-6-11-7-8)13-9-3-1-2-4-9/h5-7,9,11H,1-4H2. The lowest BCUT2D eigenvalue weighted by atomic mass is 10.3. The van der Waals surface area contributed by atoms with Gasteiger partial charge in [0.2, 0.25) is 0 Å². The number of nitrogens with one attached hydrogen (secondary N) is 1. The van der Waals surface area contributed by atoms with E-state index in [2.05, 4.69) is 4.98 Å². The highest BCUT2D eigenvalue weighted by atomic mass is 16.5. The molecule has 0 spiro atoms. The van der Waals surface area contributed by atoms with Crippen LogP contribution in [0.1, 0.15) is 36.0 Å². The van der Waals surface area contributed by atoms with Crippen molar-refractivity contribution in [2.45, 2.75) is 31.8 Å². The molecule has 70 valence electrons. The van der Waals surface area contributed by atoms with Gasteiger partial charge in [-0.1, -0.05) is 0 Å². The molecular formula is C10H13NO2. The third kappa shape index (κ3) is 1.91. The number of aromatic amines is 1. The molecule has 0 radical (unpaired) electrons. The second kappa shape index (κ2) is 3.64. The van der Waals surface area contributed by atoms with Gasteiger partial charge in [0.1, 0.15) is 6.10 Å². The molecular weight excluding hydrogens is 166 g/mol. The van der Waals surface area contributed by atoms with Crippen molar-refractivity contribution in [2.75, 3.05) is 0 Å². The minimum atomic E-state index is -0.201. The number of aromatic nitrogens is 1. The summed E-state index contributed by atoms with van der Waals surface area (Å²) in [5, 5.41) is 0. The molecule has 0 amide bonds. The van der Waals surface area contributed by atoms with E-state index in [0.717, 1.165) is 12.8 Å². The molecule has 1 aliphatic rings. The van der Waals surface area contributed by atoms with Gasteiger partial charge in [0.15, 0.2) is 0 Å². The average Bonchev–Trinajstić information content (AvgIpc) is 2.74. The van der Waals surface area contributed by atoms with Gasteiger partial charge in [0.05, 0.1) is 5.56 Å². The van der Waals surface area contributed by atoms with Crippen LogP contribution in [0.3, 0.4) is 0 Å². The van der Waals surface area contributed by atoms with Crippen LogP contribution >= 0.6 is 0 Å². The van der Waals surface area contributed by atoms with Crippen molar-refractivity contribution in [1.29, 1.82) is 0 Å². The molecule has 3 nitrogen and oxygen atoms in total. The third-order valence-electron chi connectivity index (χ3n) is 2.41. The van der Waals surface area contributed by atoms with Crippen molar-refractivity contribution in [3.63, 3.8) is 0 Å². The van der Waals surface area contributed by atoms with Crippen LogP contribution in [0.5, 0.6) is 0 Å². The Kier molecular flexibility index (Phi) is 2.34. The van der Waals surface area contributed by atoms with Gasteiger partial charge in [-0.3, -0.25) is 0 Å². The van der Waals surface area contributed by atoms with Crippen molar-refractivity contribution in [3.8, 4) is 0 Å². The average molecular weight is 179 g/mol. The van der Waals surface area contributed by atoms with E-state index >= 15 is 0 Å². The smallest absolute Gasteiger partial charge is 0.339 e. The maximum Gasteiger partial charge on any atom is 0.339 e. The van der Waals surface area contributed by atoms with Gasteiger partial charge >= 0.3 is 5.97 Å². The SMILES string of the molecule is O=C(OC1CCCC1)c1cc[nH]c1. The number of rotatable bonds is 2. The molecule has 0 atom stereocenters. The molecule has 13 heavy (non-hydrogen) atoms. The summed E-state index contributed by atoms with van der Waals surface area (Å²) in [6.07, 6.45) is 7.97. The van der Waals surface area contributed by atoms with E-state index in [0.29, 0.717) is 5.56 Å². The van der Waals surface area contributed by atoms with Crippen LogP contribution in [0.25, 0.3) is 0 Å². The molecule has 0 aromatic carbocycles. The first-order valence-corrected chi connectivity index (χ1v) is 4.70. The first kappa shape index (κ1) is 8.35. The summed E-state index contributed by atoms with van der Waals surface area (Å²) >= 11 is 0. The number of hydrogen-bond donors (Lipinski definition) is 1. The molecule has 3 heteroatoms. The zero-order valence-corrected chi connectivity index (χ0v) is 7.45. The van der Waals surface area contributed by atoms with Crippen molar-refractivity contribution >= 4 is 5.97 Å². The molecule has 1 N–H and O–H groups in total. The van der Waals surface area contributed by atoms with Gasteiger partial charge in [-0.2, -0.15) is 0 Å². The number of carbonyl (C=O) groups is 1. The second-order valence-electron chi connectivity index (χ2n) is 3.41. The highest BCUT2D eigenvalue weighted by Crippen LogP contribution is 2.21. The van der Waals surface area contributed by atoms with Gasteiger partial charge in [-0.05, 0) is 31.7 Å². The molecule has 0 bridgehead atoms. The predicted molar refractivity (Wildman–Crippen MR) is 48.5 cm³/mol. The van der Waals surface area contributed by atoms with Crippen LogP contribution in [-0.2, 0) is 4.74 Å². The molecule has 0 unspecified atom stereocenters. The number of esters is 1. The Morgan fingerprint density at radius 2 is 2.23 bits per heavy atom. The van der Waals surface area contributed by atoms with Crippen LogP contribution in [0.2, 0.25) is 0 Å². The van der Waals surface area contributed by atoms with Crippen molar-refractivity contribution in [2.24, 2.45) is 0 Å². The first-order chi connectivity index (χ1) is 6.36. The van der Waals surface area contributed by atoms with Gasteiger partial charge in [-0.25, -0.2) is 4.79 Å². The van der Waals surface area contributed by atoms with Gasteiger partial charge in [0.25, 0.3) is 0 Å². The molecule has 1 aromatic rings. The van der Waals surface area contributed by atoms with E-state index < -0.39 is 0 Å². The summed E-state index contributed by atoms with van der Waals surface area (Å²) < 4.78 is 5.30. The van der Waals surface area contributed by atoms with Gasteiger partial charge < -0.3 is 9.72 Å². The zero-order valence-electron chi connectivity index (χ0n) is 7.45.